The molecule has 0 N–H and O–H groups in total. The number of pyridine rings is 1. The molecule has 2 aromatic heterocycles. The van der Waals surface area contributed by atoms with E-state index < -0.39 is 5.25 Å². The van der Waals surface area contributed by atoms with Crippen molar-refractivity contribution in [2.75, 3.05) is 12.0 Å². The molecule has 0 spiro atoms. The van der Waals surface area contributed by atoms with Gasteiger partial charge in [0.2, 0.25) is 17.7 Å². The van der Waals surface area contributed by atoms with Crippen LogP contribution in [-0.4, -0.2) is 34.1 Å². The molecule has 3 heterocycles. The van der Waals surface area contributed by atoms with Gasteiger partial charge in [0.25, 0.3) is 0 Å². The molecule has 6 rings (SSSR count). The third kappa shape index (κ3) is 4.62. The van der Waals surface area contributed by atoms with Crippen LogP contribution in [0.25, 0.3) is 33.8 Å². The summed E-state index contributed by atoms with van der Waals surface area (Å²) in [5, 5.41) is 9.35. The number of thioether (sulfide) groups is 1. The lowest BCUT2D eigenvalue weighted by Gasteiger charge is -2.15. The van der Waals surface area contributed by atoms with Gasteiger partial charge in [0, 0.05) is 17.5 Å². The van der Waals surface area contributed by atoms with E-state index in [1.807, 2.05) is 48.5 Å². The topological polar surface area (TPSA) is 109 Å². The molecule has 1 atom stereocenters. The first-order valence-electron chi connectivity index (χ1n) is 12.1. The number of nitrogens with zero attached hydrogens (tertiary/aromatic N) is 4. The van der Waals surface area contributed by atoms with Crippen molar-refractivity contribution in [3.63, 3.8) is 0 Å². The van der Waals surface area contributed by atoms with Crippen molar-refractivity contribution < 1.29 is 18.7 Å². The van der Waals surface area contributed by atoms with Gasteiger partial charge in [-0.15, -0.1) is 0 Å². The summed E-state index contributed by atoms with van der Waals surface area (Å²) in [6.45, 7) is 0. The fraction of sp³-hybridized carbons (Fsp3) is 0.100. The zero-order valence-corrected chi connectivity index (χ0v) is 21.5. The number of imide groups is 1. The number of rotatable bonds is 6. The van der Waals surface area contributed by atoms with Crippen LogP contribution in [0.4, 0.5) is 5.69 Å². The Kier molecular flexibility index (Phi) is 6.31. The first kappa shape index (κ1) is 24.4. The number of para-hydroxylation sites is 2. The molecule has 2 amide bonds. The SMILES string of the molecule is COc1ccc(-c2ccc(C#N)c(SC3CC(=O)N(c4ccc(-c5nc6ccccc6o5)cc4)C3=O)n2)cc1. The smallest absolute Gasteiger partial charge is 0.247 e. The summed E-state index contributed by atoms with van der Waals surface area (Å²) in [6.07, 6.45) is 0.00962. The van der Waals surface area contributed by atoms with Crippen molar-refractivity contribution in [2.45, 2.75) is 16.7 Å². The van der Waals surface area contributed by atoms with E-state index in [4.69, 9.17) is 9.15 Å². The molecule has 8 nitrogen and oxygen atoms in total. The molecule has 1 unspecified atom stereocenters. The molecule has 1 saturated heterocycles. The van der Waals surface area contributed by atoms with Crippen molar-refractivity contribution in [1.82, 2.24) is 9.97 Å². The quantitative estimate of drug-likeness (QED) is 0.250. The lowest BCUT2D eigenvalue weighted by Crippen LogP contribution is -2.31. The molecular weight excluding hydrogens is 512 g/mol. The van der Waals surface area contributed by atoms with Crippen molar-refractivity contribution in [3.8, 4) is 34.5 Å². The van der Waals surface area contributed by atoms with E-state index in [2.05, 4.69) is 16.0 Å². The number of hydrogen-bond acceptors (Lipinski definition) is 8. The Morgan fingerprint density at radius 1 is 0.949 bits per heavy atom. The summed E-state index contributed by atoms with van der Waals surface area (Å²) in [4.78, 5) is 36.6. The molecule has 0 radical (unpaired) electrons. The second-order valence-electron chi connectivity index (χ2n) is 8.80. The Bertz CT molecular complexity index is 1720. The van der Waals surface area contributed by atoms with Crippen molar-refractivity contribution in [2.24, 2.45) is 0 Å². The normalized spacial score (nSPS) is 15.1. The highest BCUT2D eigenvalue weighted by atomic mass is 32.2. The van der Waals surface area contributed by atoms with Crippen molar-refractivity contribution >= 4 is 40.4 Å². The minimum atomic E-state index is -0.695. The molecule has 3 aromatic carbocycles. The number of oxazole rings is 1. The van der Waals surface area contributed by atoms with Gasteiger partial charge < -0.3 is 9.15 Å². The average molecular weight is 533 g/mol. The fourth-order valence-electron chi connectivity index (χ4n) is 4.39. The Morgan fingerprint density at radius 2 is 1.69 bits per heavy atom. The summed E-state index contributed by atoms with van der Waals surface area (Å²) >= 11 is 1.14. The van der Waals surface area contributed by atoms with Gasteiger partial charge in [-0.1, -0.05) is 23.9 Å². The highest BCUT2D eigenvalue weighted by molar-refractivity contribution is 8.00. The summed E-state index contributed by atoms with van der Waals surface area (Å²) in [6, 6.07) is 27.4. The molecule has 1 aliphatic heterocycles. The van der Waals surface area contributed by atoms with Gasteiger partial charge in [0.05, 0.1) is 29.3 Å². The van der Waals surface area contributed by atoms with Crippen LogP contribution in [0.15, 0.2) is 94.4 Å². The number of amides is 2. The molecule has 190 valence electrons. The maximum atomic E-state index is 13.3. The number of anilines is 1. The molecular formula is C30H20N4O4S. The molecule has 9 heteroatoms. The maximum Gasteiger partial charge on any atom is 0.247 e. The molecule has 39 heavy (non-hydrogen) atoms. The van der Waals surface area contributed by atoms with Crippen LogP contribution in [0.3, 0.4) is 0 Å². The van der Waals surface area contributed by atoms with E-state index in [0.29, 0.717) is 33.4 Å². The number of aromatic nitrogens is 2. The van der Waals surface area contributed by atoms with E-state index in [0.717, 1.165) is 34.2 Å². The van der Waals surface area contributed by atoms with E-state index in [1.54, 1.807) is 43.5 Å². The van der Waals surface area contributed by atoms with Crippen molar-refractivity contribution in [3.05, 3.63) is 90.5 Å². The standard InChI is InChI=1S/C30H20N4O4S/c1-37-22-13-8-18(9-14-22)23-15-10-20(17-31)29(33-23)39-26-16-27(35)34(30(26)36)21-11-6-19(7-12-21)28-32-24-4-2-3-5-25(24)38-28/h2-15,26H,16H2,1H3. The van der Waals surface area contributed by atoms with E-state index in [9.17, 15) is 14.9 Å². The predicted molar refractivity (Wildman–Crippen MR) is 147 cm³/mol. The van der Waals surface area contributed by atoms with Crippen LogP contribution in [-0.2, 0) is 9.59 Å². The van der Waals surface area contributed by atoms with E-state index >= 15 is 0 Å². The Balaban J connectivity index is 1.23. The lowest BCUT2D eigenvalue weighted by molar-refractivity contribution is -0.121. The van der Waals surface area contributed by atoms with Gasteiger partial charge in [0.15, 0.2) is 5.58 Å². The highest BCUT2D eigenvalue weighted by Crippen LogP contribution is 2.36. The Labute approximate surface area is 227 Å². The number of ether oxygens (including phenoxy) is 1. The number of carbonyl (C=O) groups excluding carboxylic acids is 2. The van der Waals surface area contributed by atoms with Gasteiger partial charge in [-0.05, 0) is 72.8 Å². The van der Waals surface area contributed by atoms with Crippen molar-refractivity contribution in [1.29, 1.82) is 5.26 Å². The first-order chi connectivity index (χ1) is 19.0. The van der Waals surface area contributed by atoms with Crippen LogP contribution in [0, 0.1) is 11.3 Å². The minimum Gasteiger partial charge on any atom is -0.497 e. The van der Waals surface area contributed by atoms with Crippen LogP contribution >= 0.6 is 11.8 Å². The summed E-state index contributed by atoms with van der Waals surface area (Å²) in [5.74, 6) is 0.526. The van der Waals surface area contributed by atoms with Crippen LogP contribution in [0.1, 0.15) is 12.0 Å². The van der Waals surface area contributed by atoms with Crippen LogP contribution < -0.4 is 9.64 Å². The summed E-state index contributed by atoms with van der Waals surface area (Å²) in [5.41, 5.74) is 4.48. The third-order valence-electron chi connectivity index (χ3n) is 6.39. The number of carbonyl (C=O) groups is 2. The molecule has 0 aliphatic carbocycles. The van der Waals surface area contributed by atoms with Gasteiger partial charge in [-0.3, -0.25) is 9.59 Å². The van der Waals surface area contributed by atoms with Gasteiger partial charge in [0.1, 0.15) is 22.4 Å². The molecule has 5 aromatic rings. The minimum absolute atomic E-state index is 0.00962. The third-order valence-corrected chi connectivity index (χ3v) is 7.58. The largest absolute Gasteiger partial charge is 0.497 e. The zero-order valence-electron chi connectivity index (χ0n) is 20.7. The zero-order chi connectivity index (χ0) is 26.9. The average Bonchev–Trinajstić information content (AvgIpc) is 3.53. The number of nitriles is 1. The lowest BCUT2D eigenvalue weighted by atomic mass is 10.1. The van der Waals surface area contributed by atoms with Crippen LogP contribution in [0.2, 0.25) is 0 Å². The predicted octanol–water partition coefficient (Wildman–Crippen LogP) is 5.86. The number of fused-ring (bicyclic) bond motifs is 1. The monoisotopic (exact) mass is 532 g/mol. The Hall–Kier alpha value is -4.94. The van der Waals surface area contributed by atoms with E-state index in [1.165, 1.54) is 4.90 Å². The number of hydrogen-bond donors (Lipinski definition) is 0. The van der Waals surface area contributed by atoms with Gasteiger partial charge in [-0.25, -0.2) is 14.9 Å². The summed E-state index contributed by atoms with van der Waals surface area (Å²) < 4.78 is 11.0. The molecule has 1 fully saturated rings. The van der Waals surface area contributed by atoms with Gasteiger partial charge >= 0.3 is 0 Å². The second kappa shape index (κ2) is 10.1. The van der Waals surface area contributed by atoms with Gasteiger partial charge in [-0.2, -0.15) is 5.26 Å². The molecule has 1 aliphatic rings. The fourth-order valence-corrected chi connectivity index (χ4v) is 5.48. The number of methoxy groups -OCH3 is 1. The maximum absolute atomic E-state index is 13.3. The Morgan fingerprint density at radius 3 is 2.41 bits per heavy atom. The molecule has 0 bridgehead atoms. The number of benzene rings is 3. The summed E-state index contributed by atoms with van der Waals surface area (Å²) in [7, 11) is 1.60. The van der Waals surface area contributed by atoms with E-state index in [-0.39, 0.29) is 18.2 Å². The molecule has 0 saturated carbocycles. The first-order valence-corrected chi connectivity index (χ1v) is 13.0. The second-order valence-corrected chi connectivity index (χ2v) is 9.99. The highest BCUT2D eigenvalue weighted by Gasteiger charge is 2.40. The van der Waals surface area contributed by atoms with Crippen LogP contribution in [0.5, 0.6) is 5.75 Å².